The van der Waals surface area contributed by atoms with E-state index in [1.54, 1.807) is 18.2 Å². The van der Waals surface area contributed by atoms with Gasteiger partial charge in [0, 0.05) is 13.3 Å². The van der Waals surface area contributed by atoms with E-state index in [1.807, 2.05) is 0 Å². The number of esters is 1. The fraction of sp³-hybridized carbons (Fsp3) is 0.273. The molecule has 13 heavy (non-hydrogen) atoms. The molecule has 0 radical (unpaired) electrons. The second-order valence-corrected chi connectivity index (χ2v) is 2.14. The van der Waals surface area contributed by atoms with E-state index in [0.717, 1.165) is 0 Å². The van der Waals surface area contributed by atoms with Gasteiger partial charge in [-0.15, -0.1) is 5.73 Å². The van der Waals surface area contributed by atoms with Gasteiger partial charge < -0.3 is 4.74 Å². The lowest BCUT2D eigenvalue weighted by molar-refractivity contribution is -0.140. The highest BCUT2D eigenvalue weighted by molar-refractivity contribution is 5.65. The Morgan fingerprint density at radius 2 is 2.38 bits per heavy atom. The lowest BCUT2D eigenvalue weighted by atomic mass is 10.4. The Balaban J connectivity index is 3.51. The largest absolute Gasteiger partial charge is 0.465 e. The van der Waals surface area contributed by atoms with Crippen LogP contribution in [0.5, 0.6) is 0 Å². The lowest BCUT2D eigenvalue weighted by Gasteiger charge is -1.94. The molecule has 0 unspecified atom stereocenters. The third-order valence-electron chi connectivity index (χ3n) is 1.03. The second-order valence-electron chi connectivity index (χ2n) is 2.14. The number of carbonyl (C=O) groups is 1. The van der Waals surface area contributed by atoms with Crippen LogP contribution in [0.4, 0.5) is 0 Å². The minimum atomic E-state index is -0.271. The molecule has 0 bridgehead atoms. The van der Waals surface area contributed by atoms with Crippen LogP contribution < -0.4 is 0 Å². The third-order valence-corrected chi connectivity index (χ3v) is 1.03. The highest BCUT2D eigenvalue weighted by atomic mass is 16.5. The van der Waals surface area contributed by atoms with Crippen LogP contribution in [0.15, 0.2) is 30.5 Å². The Morgan fingerprint density at radius 1 is 1.62 bits per heavy atom. The first-order chi connectivity index (χ1) is 6.27. The molecule has 0 aliphatic heterocycles. The topological polar surface area (TPSA) is 26.3 Å². The van der Waals surface area contributed by atoms with E-state index in [1.165, 1.54) is 6.92 Å². The van der Waals surface area contributed by atoms with Crippen molar-refractivity contribution in [1.82, 2.24) is 0 Å². The van der Waals surface area contributed by atoms with Crippen molar-refractivity contribution >= 4 is 5.97 Å². The second kappa shape index (κ2) is 8.39. The fourth-order valence-corrected chi connectivity index (χ4v) is 0.541. The number of hydrogen-bond acceptors (Lipinski definition) is 2. The van der Waals surface area contributed by atoms with E-state index in [9.17, 15) is 4.79 Å². The molecule has 2 nitrogen and oxygen atoms in total. The third kappa shape index (κ3) is 10.3. The fourth-order valence-electron chi connectivity index (χ4n) is 0.541. The van der Waals surface area contributed by atoms with Gasteiger partial charge in [0.25, 0.3) is 0 Å². The Morgan fingerprint density at radius 3 is 3.00 bits per heavy atom. The number of hydrogen-bond donors (Lipinski definition) is 0. The highest BCUT2D eigenvalue weighted by Crippen LogP contribution is 1.81. The van der Waals surface area contributed by atoms with Crippen molar-refractivity contribution in [3.05, 3.63) is 30.5 Å². The predicted octanol–water partition coefficient (Wildman–Crippen LogP) is 1.84. The summed E-state index contributed by atoms with van der Waals surface area (Å²) in [6.07, 6.45) is 5.65. The van der Waals surface area contributed by atoms with E-state index in [4.69, 9.17) is 0 Å². The monoisotopic (exact) mass is 176 g/mol. The number of rotatable bonds is 3. The van der Waals surface area contributed by atoms with Gasteiger partial charge in [-0.25, -0.2) is 0 Å². The summed E-state index contributed by atoms with van der Waals surface area (Å²) in [4.78, 5) is 10.3. The maximum absolute atomic E-state index is 10.3. The molecular weight excluding hydrogens is 164 g/mol. The van der Waals surface area contributed by atoms with Crippen LogP contribution in [0.25, 0.3) is 0 Å². The first-order valence-corrected chi connectivity index (χ1v) is 3.90. The van der Waals surface area contributed by atoms with Crippen LogP contribution in [0.3, 0.4) is 0 Å². The molecule has 0 aromatic rings. The van der Waals surface area contributed by atoms with Gasteiger partial charge in [0.1, 0.15) is 6.61 Å². The van der Waals surface area contributed by atoms with E-state index >= 15 is 0 Å². The SMILES string of the molecule is C=C=C/C=C/C#CCCOC(C)=O. The minimum absolute atomic E-state index is 0.271. The van der Waals surface area contributed by atoms with E-state index < -0.39 is 0 Å². The van der Waals surface area contributed by atoms with Gasteiger partial charge in [0.2, 0.25) is 0 Å². The summed E-state index contributed by atoms with van der Waals surface area (Å²) < 4.78 is 4.67. The summed E-state index contributed by atoms with van der Waals surface area (Å²) in [5, 5.41) is 0. The normalized spacial score (nSPS) is 8.38. The molecule has 0 aromatic heterocycles. The molecule has 0 spiro atoms. The average molecular weight is 176 g/mol. The zero-order chi connectivity index (χ0) is 9.94. The highest BCUT2D eigenvalue weighted by Gasteiger charge is 1.87. The molecule has 0 heterocycles. The molecule has 0 fully saturated rings. The van der Waals surface area contributed by atoms with Crippen molar-refractivity contribution in [2.75, 3.05) is 6.61 Å². The predicted molar refractivity (Wildman–Crippen MR) is 51.9 cm³/mol. The van der Waals surface area contributed by atoms with Crippen molar-refractivity contribution in [3.63, 3.8) is 0 Å². The molecule has 68 valence electrons. The van der Waals surface area contributed by atoms with Crippen LogP contribution in [0, 0.1) is 11.8 Å². The quantitative estimate of drug-likeness (QED) is 0.216. The summed E-state index contributed by atoms with van der Waals surface area (Å²) in [7, 11) is 0. The molecule has 0 N–H and O–H groups in total. The van der Waals surface area contributed by atoms with Gasteiger partial charge in [-0.1, -0.05) is 18.4 Å². The summed E-state index contributed by atoms with van der Waals surface area (Å²) in [6.45, 7) is 5.12. The lowest BCUT2D eigenvalue weighted by Crippen LogP contribution is -1.98. The van der Waals surface area contributed by atoms with Crippen LogP contribution in [-0.2, 0) is 9.53 Å². The Kier molecular flexibility index (Phi) is 7.28. The molecular formula is C11H12O2. The van der Waals surface area contributed by atoms with Crippen molar-refractivity contribution in [2.24, 2.45) is 0 Å². The van der Waals surface area contributed by atoms with Gasteiger partial charge >= 0.3 is 5.97 Å². The zero-order valence-electron chi connectivity index (χ0n) is 7.67. The van der Waals surface area contributed by atoms with Gasteiger partial charge in [0.05, 0.1) is 0 Å². The van der Waals surface area contributed by atoms with Gasteiger partial charge in [0.15, 0.2) is 0 Å². The zero-order valence-corrected chi connectivity index (χ0v) is 7.67. The summed E-state index contributed by atoms with van der Waals surface area (Å²) in [6, 6.07) is 0. The Bertz CT molecular complexity index is 283. The summed E-state index contributed by atoms with van der Waals surface area (Å²) in [5.74, 6) is 5.32. The maximum Gasteiger partial charge on any atom is 0.302 e. The first-order valence-electron chi connectivity index (χ1n) is 3.90. The van der Waals surface area contributed by atoms with Crippen LogP contribution in [0.1, 0.15) is 13.3 Å². The molecule has 0 amide bonds. The summed E-state index contributed by atoms with van der Waals surface area (Å²) in [5.41, 5.74) is 2.59. The van der Waals surface area contributed by atoms with Gasteiger partial charge in [-0.05, 0) is 18.2 Å². The maximum atomic E-state index is 10.3. The van der Waals surface area contributed by atoms with Crippen molar-refractivity contribution in [2.45, 2.75) is 13.3 Å². The number of allylic oxidation sites excluding steroid dienone is 3. The molecule has 0 saturated heterocycles. The molecule has 0 aromatic carbocycles. The Labute approximate surface area is 78.6 Å². The first kappa shape index (κ1) is 11.3. The molecule has 0 saturated carbocycles. The smallest absolute Gasteiger partial charge is 0.302 e. The Hall–Kier alpha value is -1.71. The van der Waals surface area contributed by atoms with Crippen molar-refractivity contribution in [1.29, 1.82) is 0 Å². The average Bonchev–Trinajstić information content (AvgIpc) is 2.09. The van der Waals surface area contributed by atoms with Crippen LogP contribution >= 0.6 is 0 Å². The van der Waals surface area contributed by atoms with E-state index in [-0.39, 0.29) is 5.97 Å². The molecule has 0 aliphatic rings. The van der Waals surface area contributed by atoms with E-state index in [0.29, 0.717) is 13.0 Å². The van der Waals surface area contributed by atoms with Crippen LogP contribution in [-0.4, -0.2) is 12.6 Å². The number of ether oxygens (including phenoxy) is 1. The standard InChI is InChI=1S/C11H12O2/c1-3-4-5-6-7-8-9-10-13-11(2)12/h4-6H,1,9-10H2,2H3/b6-5+. The minimum Gasteiger partial charge on any atom is -0.465 e. The van der Waals surface area contributed by atoms with E-state index in [2.05, 4.69) is 28.9 Å². The van der Waals surface area contributed by atoms with Gasteiger partial charge in [-0.3, -0.25) is 4.79 Å². The molecule has 0 rings (SSSR count). The van der Waals surface area contributed by atoms with Crippen molar-refractivity contribution in [3.8, 4) is 11.8 Å². The van der Waals surface area contributed by atoms with Crippen molar-refractivity contribution < 1.29 is 9.53 Å². The summed E-state index contributed by atoms with van der Waals surface area (Å²) >= 11 is 0. The van der Waals surface area contributed by atoms with Gasteiger partial charge in [-0.2, -0.15) is 0 Å². The number of carbonyl (C=O) groups excluding carboxylic acids is 1. The molecule has 0 atom stereocenters. The molecule has 2 heteroatoms. The molecule has 0 aliphatic carbocycles. The van der Waals surface area contributed by atoms with Crippen LogP contribution in [0.2, 0.25) is 0 Å².